The van der Waals surface area contributed by atoms with E-state index in [1.165, 1.54) is 4.90 Å². The van der Waals surface area contributed by atoms with E-state index >= 15 is 0 Å². The summed E-state index contributed by atoms with van der Waals surface area (Å²) in [4.78, 5) is 40.2. The van der Waals surface area contributed by atoms with Gasteiger partial charge in [0.2, 0.25) is 17.7 Å². The molecule has 0 radical (unpaired) electrons. The quantitative estimate of drug-likeness (QED) is 0.388. The fourth-order valence-corrected chi connectivity index (χ4v) is 4.76. The number of likely N-dealkylation sites (tertiary alicyclic amines) is 1. The van der Waals surface area contributed by atoms with Gasteiger partial charge in [-0.25, -0.2) is 4.68 Å². The number of hydrogen-bond donors (Lipinski definition) is 3. The van der Waals surface area contributed by atoms with Crippen LogP contribution < -0.4 is 11.1 Å². The zero-order valence-corrected chi connectivity index (χ0v) is 21.2. The molecule has 3 amide bonds. The molecule has 1 aromatic heterocycles. The Hall–Kier alpha value is -4.12. The number of benzene rings is 2. The van der Waals surface area contributed by atoms with Crippen LogP contribution in [0.15, 0.2) is 60.8 Å². The molecule has 0 bridgehead atoms. The van der Waals surface area contributed by atoms with Gasteiger partial charge in [0.15, 0.2) is 0 Å². The first-order chi connectivity index (χ1) is 18.1. The molecule has 0 aliphatic carbocycles. The molecule has 11 heteroatoms. The van der Waals surface area contributed by atoms with E-state index in [0.717, 1.165) is 27.6 Å². The topological polar surface area (TPSA) is 143 Å². The fourth-order valence-electron chi connectivity index (χ4n) is 4.76. The van der Waals surface area contributed by atoms with Gasteiger partial charge in [-0.2, -0.15) is 4.39 Å². The Morgan fingerprint density at radius 1 is 1.11 bits per heavy atom. The van der Waals surface area contributed by atoms with Crippen LogP contribution >= 0.6 is 0 Å². The largest absolute Gasteiger partial charge is 0.391 e. The van der Waals surface area contributed by atoms with E-state index in [-0.39, 0.29) is 25.3 Å². The summed E-state index contributed by atoms with van der Waals surface area (Å²) in [5.74, 6) is -2.97. The van der Waals surface area contributed by atoms with Crippen molar-refractivity contribution in [3.8, 4) is 11.1 Å². The number of aromatic nitrogens is 3. The normalized spacial score (nSPS) is 18.8. The summed E-state index contributed by atoms with van der Waals surface area (Å²) in [5, 5.41) is 20.0. The maximum atomic E-state index is 13.5. The third-order valence-electron chi connectivity index (χ3n) is 6.68. The van der Waals surface area contributed by atoms with Gasteiger partial charge in [0.1, 0.15) is 18.1 Å². The number of carbonyl (C=O) groups excluding carboxylic acids is 3. The molecule has 1 fully saturated rings. The first-order valence-corrected chi connectivity index (χ1v) is 12.4. The Bertz CT molecular complexity index is 1280. The van der Waals surface area contributed by atoms with E-state index < -0.39 is 47.9 Å². The van der Waals surface area contributed by atoms with Crippen molar-refractivity contribution in [2.24, 2.45) is 11.7 Å². The maximum Gasteiger partial charge on any atom is 0.252 e. The van der Waals surface area contributed by atoms with Gasteiger partial charge in [-0.1, -0.05) is 78.8 Å². The van der Waals surface area contributed by atoms with Crippen LogP contribution in [0, 0.1) is 11.9 Å². The molecular weight excluding hydrogens is 491 g/mol. The van der Waals surface area contributed by atoms with E-state index in [1.807, 2.05) is 54.6 Å². The molecule has 4 rings (SSSR count). The van der Waals surface area contributed by atoms with Gasteiger partial charge in [0.25, 0.3) is 5.95 Å². The molecule has 4 unspecified atom stereocenters. The van der Waals surface area contributed by atoms with Gasteiger partial charge >= 0.3 is 0 Å². The minimum absolute atomic E-state index is 0.00857. The van der Waals surface area contributed by atoms with Crippen molar-refractivity contribution in [2.75, 3.05) is 6.54 Å². The van der Waals surface area contributed by atoms with Crippen LogP contribution in [0.2, 0.25) is 0 Å². The number of rotatable bonds is 9. The molecule has 4 atom stereocenters. The van der Waals surface area contributed by atoms with Crippen molar-refractivity contribution < 1.29 is 23.9 Å². The second-order valence-electron chi connectivity index (χ2n) is 9.84. The molecule has 0 saturated carbocycles. The highest BCUT2D eigenvalue weighted by atomic mass is 19.1. The van der Waals surface area contributed by atoms with Crippen molar-refractivity contribution in [2.45, 2.75) is 50.9 Å². The van der Waals surface area contributed by atoms with Gasteiger partial charge < -0.3 is 21.1 Å². The molecular formula is C27H31FN6O4. The number of primary amides is 1. The lowest BCUT2D eigenvalue weighted by Gasteiger charge is -2.30. The Balaban J connectivity index is 1.47. The number of aliphatic hydroxyl groups excluding tert-OH is 1. The molecule has 3 aromatic rings. The van der Waals surface area contributed by atoms with Crippen molar-refractivity contribution in [1.82, 2.24) is 25.2 Å². The molecule has 1 aliphatic heterocycles. The third kappa shape index (κ3) is 6.05. The Morgan fingerprint density at radius 3 is 2.34 bits per heavy atom. The van der Waals surface area contributed by atoms with Gasteiger partial charge in [-0.15, -0.1) is 0 Å². The van der Waals surface area contributed by atoms with Crippen LogP contribution in [-0.4, -0.2) is 67.5 Å². The number of aliphatic hydroxyl groups is 1. The number of amides is 3. The number of nitrogens with two attached hydrogens (primary N) is 1. The zero-order valence-electron chi connectivity index (χ0n) is 21.2. The van der Waals surface area contributed by atoms with E-state index in [9.17, 15) is 23.9 Å². The molecule has 10 nitrogen and oxygen atoms in total. The molecule has 0 spiro atoms. The number of halogens is 1. The SMILES string of the molecule is CC(C)C(C(=O)N1CC(O)CC1C(=O)NC(Cc1ccc(-c2ccccc2)cc1)C(N)=O)n1cc(F)nn1. The average molecular weight is 523 g/mol. The van der Waals surface area contributed by atoms with Gasteiger partial charge in [-0.05, 0) is 22.6 Å². The monoisotopic (exact) mass is 522 g/mol. The first kappa shape index (κ1) is 26.9. The average Bonchev–Trinajstić information content (AvgIpc) is 3.49. The summed E-state index contributed by atoms with van der Waals surface area (Å²) in [5.41, 5.74) is 8.46. The fraction of sp³-hybridized carbons (Fsp3) is 0.370. The summed E-state index contributed by atoms with van der Waals surface area (Å²) in [7, 11) is 0. The highest BCUT2D eigenvalue weighted by Crippen LogP contribution is 2.27. The molecule has 38 heavy (non-hydrogen) atoms. The summed E-state index contributed by atoms with van der Waals surface area (Å²) in [6.07, 6.45) is 0.223. The Morgan fingerprint density at radius 2 is 1.76 bits per heavy atom. The lowest BCUT2D eigenvalue weighted by Crippen LogP contribution is -2.54. The number of hydrogen-bond acceptors (Lipinski definition) is 6. The van der Waals surface area contributed by atoms with Crippen molar-refractivity contribution in [3.63, 3.8) is 0 Å². The summed E-state index contributed by atoms with van der Waals surface area (Å²) in [6, 6.07) is 14.4. The third-order valence-corrected chi connectivity index (χ3v) is 6.68. The molecule has 1 aliphatic rings. The summed E-state index contributed by atoms with van der Waals surface area (Å²) < 4.78 is 14.6. The van der Waals surface area contributed by atoms with Crippen LogP contribution in [0.4, 0.5) is 4.39 Å². The van der Waals surface area contributed by atoms with Crippen LogP contribution in [0.3, 0.4) is 0 Å². The van der Waals surface area contributed by atoms with Crippen LogP contribution in [0.25, 0.3) is 11.1 Å². The van der Waals surface area contributed by atoms with Crippen molar-refractivity contribution in [3.05, 3.63) is 72.3 Å². The molecule has 1 saturated heterocycles. The van der Waals surface area contributed by atoms with Gasteiger partial charge in [0, 0.05) is 19.4 Å². The highest BCUT2D eigenvalue weighted by molar-refractivity contribution is 5.93. The molecule has 200 valence electrons. The van der Waals surface area contributed by atoms with Gasteiger partial charge in [0.05, 0.1) is 12.3 Å². The number of carbonyl (C=O) groups is 3. The first-order valence-electron chi connectivity index (χ1n) is 12.4. The summed E-state index contributed by atoms with van der Waals surface area (Å²) >= 11 is 0. The van der Waals surface area contributed by atoms with Crippen molar-refractivity contribution in [1.29, 1.82) is 0 Å². The van der Waals surface area contributed by atoms with Gasteiger partial charge in [-0.3, -0.25) is 14.4 Å². The van der Waals surface area contributed by atoms with E-state index in [1.54, 1.807) is 13.8 Å². The predicted octanol–water partition coefficient (Wildman–Crippen LogP) is 1.46. The number of nitrogens with one attached hydrogen (secondary N) is 1. The number of β-amino-alcohol motifs (C(OH)–C–C–N with tert-alkyl or cyclic N) is 1. The molecule has 2 heterocycles. The standard InChI is InChI=1S/C27H31FN6O4/c1-16(2)24(34-15-23(28)31-32-34)27(38)33-14-20(35)13-22(33)26(37)30-21(25(29)36)12-17-8-10-19(11-9-17)18-6-4-3-5-7-18/h3-11,15-16,20-22,24,35H,12-14H2,1-2H3,(H2,29,36)(H,30,37). The van der Waals surface area contributed by atoms with E-state index in [2.05, 4.69) is 15.6 Å². The predicted molar refractivity (Wildman–Crippen MR) is 137 cm³/mol. The zero-order chi connectivity index (χ0) is 27.4. The second-order valence-corrected chi connectivity index (χ2v) is 9.84. The lowest BCUT2D eigenvalue weighted by molar-refractivity contribution is -0.143. The maximum absolute atomic E-state index is 13.5. The van der Waals surface area contributed by atoms with Crippen LogP contribution in [0.5, 0.6) is 0 Å². The van der Waals surface area contributed by atoms with E-state index in [0.29, 0.717) is 0 Å². The van der Waals surface area contributed by atoms with Crippen LogP contribution in [0.1, 0.15) is 31.9 Å². The van der Waals surface area contributed by atoms with Crippen LogP contribution in [-0.2, 0) is 20.8 Å². The Kier molecular flexibility index (Phi) is 8.16. The van der Waals surface area contributed by atoms with Crippen molar-refractivity contribution >= 4 is 17.7 Å². The van der Waals surface area contributed by atoms with E-state index in [4.69, 9.17) is 5.73 Å². The molecule has 4 N–H and O–H groups in total. The molecule has 2 aromatic carbocycles. The number of nitrogens with zero attached hydrogens (tertiary/aromatic N) is 4. The lowest BCUT2D eigenvalue weighted by atomic mass is 10.00. The highest BCUT2D eigenvalue weighted by Gasteiger charge is 2.43. The summed E-state index contributed by atoms with van der Waals surface area (Å²) in [6.45, 7) is 3.44. The smallest absolute Gasteiger partial charge is 0.252 e. The Labute approximate surface area is 219 Å². The second kappa shape index (κ2) is 11.5. The minimum atomic E-state index is -1.03. The minimum Gasteiger partial charge on any atom is -0.391 e.